The Hall–Kier alpha value is -1.42. The first-order valence-corrected chi connectivity index (χ1v) is 6.44. The first-order valence-electron chi connectivity index (χ1n) is 6.44. The minimum Gasteiger partial charge on any atom is -0.373 e. The van der Waals surface area contributed by atoms with Gasteiger partial charge in [-0.3, -0.25) is 0 Å². The molecule has 0 aliphatic carbocycles. The molecule has 0 aromatic carbocycles. The van der Waals surface area contributed by atoms with E-state index in [9.17, 15) is 4.79 Å². The van der Waals surface area contributed by atoms with E-state index in [2.05, 4.69) is 30.2 Å². The van der Waals surface area contributed by atoms with Crippen molar-refractivity contribution in [1.82, 2.24) is 4.98 Å². The fourth-order valence-corrected chi connectivity index (χ4v) is 1.84. The molecule has 0 fully saturated rings. The van der Waals surface area contributed by atoms with Gasteiger partial charge in [-0.2, -0.15) is 0 Å². The molecule has 1 rings (SSSR count). The van der Waals surface area contributed by atoms with E-state index in [4.69, 9.17) is 5.73 Å². The smallest absolute Gasteiger partial charge is 0.128 e. The van der Waals surface area contributed by atoms with Crippen LogP contribution in [-0.4, -0.2) is 24.9 Å². The second kappa shape index (κ2) is 7.11. The lowest BCUT2D eigenvalue weighted by molar-refractivity contribution is -0.111. The monoisotopic (exact) mass is 249 g/mol. The molecule has 4 nitrogen and oxygen atoms in total. The maximum atomic E-state index is 10.8. The molecular formula is C14H23N3O. The summed E-state index contributed by atoms with van der Waals surface area (Å²) in [4.78, 5) is 15.2. The second-order valence-corrected chi connectivity index (χ2v) is 4.85. The van der Waals surface area contributed by atoms with Crippen LogP contribution in [0.2, 0.25) is 0 Å². The molecule has 4 heteroatoms. The van der Waals surface area contributed by atoms with Crippen LogP contribution in [-0.2, 0) is 11.2 Å². The third-order valence-electron chi connectivity index (χ3n) is 3.17. The van der Waals surface area contributed by atoms with E-state index in [0.717, 1.165) is 30.5 Å². The summed E-state index contributed by atoms with van der Waals surface area (Å²) in [5.41, 5.74) is 7.91. The van der Waals surface area contributed by atoms with Gasteiger partial charge in [-0.05, 0) is 29.9 Å². The van der Waals surface area contributed by atoms with E-state index in [1.165, 1.54) is 5.56 Å². The average molecular weight is 249 g/mol. The van der Waals surface area contributed by atoms with E-state index in [-0.39, 0.29) is 5.92 Å². The summed E-state index contributed by atoms with van der Waals surface area (Å²) in [5, 5.41) is 3.09. The molecule has 18 heavy (non-hydrogen) atoms. The normalized spacial score (nSPS) is 12.5. The lowest BCUT2D eigenvalue weighted by Gasteiger charge is -2.13. The predicted molar refractivity (Wildman–Crippen MR) is 74.8 cm³/mol. The number of aryl methyl sites for hydroxylation is 1. The van der Waals surface area contributed by atoms with E-state index < -0.39 is 0 Å². The van der Waals surface area contributed by atoms with Crippen LogP contribution in [0.5, 0.6) is 0 Å². The van der Waals surface area contributed by atoms with Crippen molar-refractivity contribution < 1.29 is 4.79 Å². The Balaban J connectivity index is 2.84. The van der Waals surface area contributed by atoms with E-state index in [1.54, 1.807) is 0 Å². The molecule has 1 aromatic rings. The number of nitrogens with zero attached hydrogens (tertiary/aromatic N) is 1. The van der Waals surface area contributed by atoms with Crippen molar-refractivity contribution in [2.24, 2.45) is 11.7 Å². The molecule has 0 aliphatic heterocycles. The number of rotatable bonds is 7. The van der Waals surface area contributed by atoms with E-state index in [0.29, 0.717) is 12.5 Å². The van der Waals surface area contributed by atoms with Gasteiger partial charge in [-0.15, -0.1) is 0 Å². The van der Waals surface area contributed by atoms with Crippen LogP contribution in [0.25, 0.3) is 0 Å². The Labute approximate surface area is 109 Å². The first-order chi connectivity index (χ1) is 8.62. The third kappa shape index (κ3) is 3.81. The van der Waals surface area contributed by atoms with Crippen LogP contribution >= 0.6 is 0 Å². The number of aldehydes is 1. The number of pyridine rings is 1. The highest BCUT2D eigenvalue weighted by molar-refractivity contribution is 5.54. The van der Waals surface area contributed by atoms with Crippen LogP contribution in [0.4, 0.5) is 5.82 Å². The molecular weight excluding hydrogens is 226 g/mol. The molecule has 0 saturated carbocycles. The zero-order valence-corrected chi connectivity index (χ0v) is 11.4. The van der Waals surface area contributed by atoms with Crippen molar-refractivity contribution in [3.05, 3.63) is 23.4 Å². The molecule has 1 atom stereocenters. The standard InChI is InChI=1S/C14H23N3O/c1-10(2)13-6-12(14(16-3)17-8-13)5-4-11(7-15)9-18/h6,8-11H,4-5,7,15H2,1-3H3,(H,16,17). The molecule has 0 aliphatic rings. The molecule has 0 spiro atoms. The zero-order chi connectivity index (χ0) is 13.5. The van der Waals surface area contributed by atoms with Gasteiger partial charge in [-0.25, -0.2) is 4.98 Å². The SMILES string of the molecule is CNc1ncc(C(C)C)cc1CCC(C=O)CN. The molecule has 0 radical (unpaired) electrons. The van der Waals surface area contributed by atoms with Gasteiger partial charge in [0.2, 0.25) is 0 Å². The fraction of sp³-hybridized carbons (Fsp3) is 0.571. The van der Waals surface area contributed by atoms with Crippen molar-refractivity contribution in [3.8, 4) is 0 Å². The van der Waals surface area contributed by atoms with Gasteiger partial charge in [0.15, 0.2) is 0 Å². The highest BCUT2D eigenvalue weighted by Gasteiger charge is 2.10. The van der Waals surface area contributed by atoms with Crippen molar-refractivity contribution in [2.75, 3.05) is 18.9 Å². The number of carbonyl (C=O) groups excluding carboxylic acids is 1. The molecule has 0 amide bonds. The number of aromatic nitrogens is 1. The Morgan fingerprint density at radius 2 is 2.22 bits per heavy atom. The largest absolute Gasteiger partial charge is 0.373 e. The number of anilines is 1. The molecule has 1 aromatic heterocycles. The van der Waals surface area contributed by atoms with Crippen LogP contribution in [0.1, 0.15) is 37.3 Å². The third-order valence-corrected chi connectivity index (χ3v) is 3.17. The molecule has 0 bridgehead atoms. The number of hydrogen-bond donors (Lipinski definition) is 2. The van der Waals surface area contributed by atoms with Gasteiger partial charge >= 0.3 is 0 Å². The van der Waals surface area contributed by atoms with Crippen molar-refractivity contribution in [3.63, 3.8) is 0 Å². The highest BCUT2D eigenvalue weighted by atomic mass is 16.1. The topological polar surface area (TPSA) is 68.0 Å². The quantitative estimate of drug-likeness (QED) is 0.725. The maximum Gasteiger partial charge on any atom is 0.128 e. The van der Waals surface area contributed by atoms with Gasteiger partial charge in [0, 0.05) is 25.7 Å². The Morgan fingerprint density at radius 3 is 2.72 bits per heavy atom. The molecule has 100 valence electrons. The molecule has 1 unspecified atom stereocenters. The van der Waals surface area contributed by atoms with Crippen LogP contribution in [0.3, 0.4) is 0 Å². The molecule has 3 N–H and O–H groups in total. The van der Waals surface area contributed by atoms with Gasteiger partial charge in [0.05, 0.1) is 0 Å². The van der Waals surface area contributed by atoms with Crippen LogP contribution in [0, 0.1) is 5.92 Å². The van der Waals surface area contributed by atoms with Gasteiger partial charge < -0.3 is 15.8 Å². The summed E-state index contributed by atoms with van der Waals surface area (Å²) >= 11 is 0. The summed E-state index contributed by atoms with van der Waals surface area (Å²) in [5.74, 6) is 1.29. The maximum absolute atomic E-state index is 10.8. The minimum absolute atomic E-state index is 0.0580. The Kier molecular flexibility index (Phi) is 5.78. The minimum atomic E-state index is -0.0580. The van der Waals surface area contributed by atoms with Gasteiger partial charge in [0.1, 0.15) is 12.1 Å². The Morgan fingerprint density at radius 1 is 1.50 bits per heavy atom. The lowest BCUT2D eigenvalue weighted by Crippen LogP contribution is -2.16. The van der Waals surface area contributed by atoms with Gasteiger partial charge in [-0.1, -0.05) is 19.9 Å². The lowest BCUT2D eigenvalue weighted by atomic mass is 9.97. The van der Waals surface area contributed by atoms with E-state index in [1.807, 2.05) is 13.2 Å². The molecule has 1 heterocycles. The first kappa shape index (κ1) is 14.6. The van der Waals surface area contributed by atoms with Crippen molar-refractivity contribution >= 4 is 12.1 Å². The summed E-state index contributed by atoms with van der Waals surface area (Å²) < 4.78 is 0. The number of nitrogens with two attached hydrogens (primary N) is 1. The van der Waals surface area contributed by atoms with Crippen LogP contribution < -0.4 is 11.1 Å². The van der Waals surface area contributed by atoms with Crippen molar-refractivity contribution in [2.45, 2.75) is 32.6 Å². The molecule has 0 saturated heterocycles. The predicted octanol–water partition coefficient (Wildman–Crippen LogP) is 1.95. The summed E-state index contributed by atoms with van der Waals surface area (Å²) in [7, 11) is 1.86. The zero-order valence-electron chi connectivity index (χ0n) is 11.4. The number of hydrogen-bond acceptors (Lipinski definition) is 4. The fourth-order valence-electron chi connectivity index (χ4n) is 1.84. The van der Waals surface area contributed by atoms with Gasteiger partial charge in [0.25, 0.3) is 0 Å². The second-order valence-electron chi connectivity index (χ2n) is 4.85. The van der Waals surface area contributed by atoms with E-state index >= 15 is 0 Å². The Bertz CT molecular complexity index is 391. The number of nitrogens with one attached hydrogen (secondary N) is 1. The van der Waals surface area contributed by atoms with Crippen LogP contribution in [0.15, 0.2) is 12.3 Å². The summed E-state index contributed by atoms with van der Waals surface area (Å²) in [6.07, 6.45) is 4.45. The summed E-state index contributed by atoms with van der Waals surface area (Å²) in [6.45, 7) is 4.71. The number of carbonyl (C=O) groups is 1. The van der Waals surface area contributed by atoms with Crippen molar-refractivity contribution in [1.29, 1.82) is 0 Å². The summed E-state index contributed by atoms with van der Waals surface area (Å²) in [6, 6.07) is 2.17. The average Bonchev–Trinajstić information content (AvgIpc) is 2.39. The highest BCUT2D eigenvalue weighted by Crippen LogP contribution is 2.21.